The van der Waals surface area contributed by atoms with E-state index in [2.05, 4.69) is 19.1 Å². The lowest BCUT2D eigenvalue weighted by atomic mass is 10.2. The van der Waals surface area contributed by atoms with Crippen molar-refractivity contribution in [2.45, 2.75) is 20.3 Å². The second kappa shape index (κ2) is 8.19. The van der Waals surface area contributed by atoms with Crippen LogP contribution in [0.1, 0.15) is 18.9 Å². The molecule has 0 saturated carbocycles. The van der Waals surface area contributed by atoms with Gasteiger partial charge in [0, 0.05) is 6.42 Å². The lowest BCUT2D eigenvalue weighted by Crippen LogP contribution is -2.30. The van der Waals surface area contributed by atoms with E-state index in [1.807, 2.05) is 18.2 Å². The number of benzene rings is 1. The predicted octanol–water partition coefficient (Wildman–Crippen LogP) is 1.90. The zero-order valence-electron chi connectivity index (χ0n) is 8.38. The molecule has 0 bridgehead atoms. The van der Waals surface area contributed by atoms with Gasteiger partial charge >= 0.3 is 0 Å². The van der Waals surface area contributed by atoms with Gasteiger partial charge in [-0.2, -0.15) is 0 Å². The maximum atomic E-state index is 10.8. The number of hydrazine groups is 1. The van der Waals surface area contributed by atoms with Gasteiger partial charge in [0.05, 0.1) is 0 Å². The highest BCUT2D eigenvalue weighted by molar-refractivity contribution is 5.74. The minimum atomic E-state index is -0.359. The Morgan fingerprint density at radius 2 is 1.93 bits per heavy atom. The summed E-state index contributed by atoms with van der Waals surface area (Å²) in [4.78, 5) is 10.00. The maximum Gasteiger partial charge on any atom is 0.235 e. The van der Waals surface area contributed by atoms with E-state index in [0.29, 0.717) is 0 Å². The van der Waals surface area contributed by atoms with Gasteiger partial charge in [0.15, 0.2) is 0 Å². The molecule has 3 nitrogen and oxygen atoms in total. The van der Waals surface area contributed by atoms with Crippen LogP contribution in [0.2, 0.25) is 0 Å². The molecule has 0 aliphatic carbocycles. The number of carbonyl (C=O) groups is 1. The number of halogens is 1. The smallest absolute Gasteiger partial charge is 0.235 e. The van der Waals surface area contributed by atoms with Gasteiger partial charge in [-0.15, -0.1) is 4.48 Å². The molecule has 0 radical (unpaired) electrons. The molecule has 4 heteroatoms. The van der Waals surface area contributed by atoms with Gasteiger partial charge in [-0.3, -0.25) is 10.2 Å². The number of rotatable bonds is 2. The van der Waals surface area contributed by atoms with Crippen LogP contribution in [0.15, 0.2) is 30.3 Å². The highest BCUT2D eigenvalue weighted by Crippen LogP contribution is 1.92. The third-order valence-electron chi connectivity index (χ3n) is 1.45. The quantitative estimate of drug-likeness (QED) is 0.563. The Bertz CT molecular complexity index is 252. The summed E-state index contributed by atoms with van der Waals surface area (Å²) in [6.45, 7) is 3.71. The lowest BCUT2D eigenvalue weighted by Gasteiger charge is -1.92. The van der Waals surface area contributed by atoms with E-state index < -0.39 is 0 Å². The molecular weight excluding hydrogens is 183 g/mol. The number of hydrogen-bond acceptors (Lipinski definition) is 2. The van der Waals surface area contributed by atoms with E-state index in [9.17, 15) is 9.28 Å². The molecule has 0 atom stereocenters. The van der Waals surface area contributed by atoms with Crippen LogP contribution in [0.3, 0.4) is 0 Å². The topological polar surface area (TPSA) is 41.1 Å². The van der Waals surface area contributed by atoms with Crippen molar-refractivity contribution in [2.75, 3.05) is 0 Å². The number of hydrogen-bond donors (Lipinski definition) is 2. The van der Waals surface area contributed by atoms with E-state index in [1.165, 1.54) is 5.56 Å². The Morgan fingerprint density at radius 3 is 2.14 bits per heavy atom. The summed E-state index contributed by atoms with van der Waals surface area (Å²) < 4.78 is 10.8. The second-order valence-electron chi connectivity index (χ2n) is 2.65. The second-order valence-corrected chi connectivity index (χ2v) is 2.65. The average Bonchev–Trinajstić information content (AvgIpc) is 2.20. The third kappa shape index (κ3) is 7.24. The van der Waals surface area contributed by atoms with Crippen LogP contribution in [0.5, 0.6) is 0 Å². The first-order valence-electron chi connectivity index (χ1n) is 4.36. The molecule has 0 spiro atoms. The fourth-order valence-electron chi connectivity index (χ4n) is 0.675. The summed E-state index contributed by atoms with van der Waals surface area (Å²) in [5.41, 5.74) is 4.08. The van der Waals surface area contributed by atoms with E-state index in [0.717, 1.165) is 5.65 Å². The first-order chi connectivity index (χ1) is 6.70. The van der Waals surface area contributed by atoms with Crippen LogP contribution in [0, 0.1) is 6.92 Å². The van der Waals surface area contributed by atoms with Gasteiger partial charge in [0.25, 0.3) is 0 Å². The van der Waals surface area contributed by atoms with Crippen molar-refractivity contribution in [3.05, 3.63) is 35.9 Å². The number of aryl methyl sites for hydroxylation is 1. The lowest BCUT2D eigenvalue weighted by molar-refractivity contribution is -0.123. The van der Waals surface area contributed by atoms with Crippen molar-refractivity contribution in [1.29, 1.82) is 0 Å². The van der Waals surface area contributed by atoms with Gasteiger partial charge in [0.1, 0.15) is 0 Å². The fraction of sp³-hybridized carbons (Fsp3) is 0.300. The van der Waals surface area contributed by atoms with E-state index in [-0.39, 0.29) is 12.3 Å². The summed E-state index contributed by atoms with van der Waals surface area (Å²) in [5.74, 6) is -0.359. The minimum absolute atomic E-state index is 0.289. The molecule has 1 amide bonds. The largest absolute Gasteiger partial charge is 0.274 e. The van der Waals surface area contributed by atoms with Gasteiger partial charge in [-0.05, 0) is 6.92 Å². The third-order valence-corrected chi connectivity index (χ3v) is 1.45. The normalized spacial score (nSPS) is 8.50. The summed E-state index contributed by atoms with van der Waals surface area (Å²) in [6.07, 6.45) is 0.289. The Balaban J connectivity index is 0.000000241. The predicted molar refractivity (Wildman–Crippen MR) is 53.9 cm³/mol. The number of carbonyl (C=O) groups excluding carboxylic acids is 1. The molecule has 78 valence electrons. The monoisotopic (exact) mass is 198 g/mol. The van der Waals surface area contributed by atoms with Crippen LogP contribution in [0.25, 0.3) is 0 Å². The molecule has 1 rings (SSSR count). The SMILES string of the molecule is CCC(=O)NNF.Cc1ccccc1. The molecule has 0 unspecified atom stereocenters. The summed E-state index contributed by atoms with van der Waals surface area (Å²) in [7, 11) is 0. The van der Waals surface area contributed by atoms with Crippen LogP contribution >= 0.6 is 0 Å². The van der Waals surface area contributed by atoms with Crippen molar-refractivity contribution in [3.63, 3.8) is 0 Å². The van der Waals surface area contributed by atoms with E-state index in [4.69, 9.17) is 0 Å². The fourth-order valence-corrected chi connectivity index (χ4v) is 0.675. The summed E-state index contributed by atoms with van der Waals surface area (Å²) >= 11 is 0. The Morgan fingerprint density at radius 1 is 1.36 bits per heavy atom. The highest BCUT2D eigenvalue weighted by atomic mass is 19.2. The first-order valence-corrected chi connectivity index (χ1v) is 4.36. The Kier molecular flexibility index (Phi) is 7.36. The maximum absolute atomic E-state index is 10.8. The molecule has 0 aromatic heterocycles. The van der Waals surface area contributed by atoms with E-state index >= 15 is 0 Å². The molecule has 2 N–H and O–H groups in total. The Hall–Kier alpha value is -1.42. The van der Waals surface area contributed by atoms with Crippen LogP contribution < -0.4 is 11.1 Å². The van der Waals surface area contributed by atoms with Crippen molar-refractivity contribution < 1.29 is 9.28 Å². The first kappa shape index (κ1) is 12.6. The van der Waals surface area contributed by atoms with Gasteiger partial charge in [-0.1, -0.05) is 48.5 Å². The Labute approximate surface area is 83.2 Å². The molecule has 0 heterocycles. The van der Waals surface area contributed by atoms with Gasteiger partial charge < -0.3 is 0 Å². The van der Waals surface area contributed by atoms with E-state index in [1.54, 1.807) is 12.3 Å². The standard InChI is InChI=1S/C7H8.C3H7FN2O/c1-7-5-3-2-4-6-7;1-2-3(7)5-6-4/h2-6H,1H3;6H,2H2,1H3,(H,5,7). The van der Waals surface area contributed by atoms with Crippen molar-refractivity contribution >= 4 is 5.91 Å². The van der Waals surface area contributed by atoms with Crippen LogP contribution in [-0.2, 0) is 4.79 Å². The molecule has 1 aromatic carbocycles. The molecule has 1 aromatic rings. The zero-order chi connectivity index (χ0) is 10.8. The molecular formula is C10H15FN2O. The molecule has 14 heavy (non-hydrogen) atoms. The van der Waals surface area contributed by atoms with Crippen LogP contribution in [0.4, 0.5) is 4.48 Å². The zero-order valence-corrected chi connectivity index (χ0v) is 8.38. The van der Waals surface area contributed by atoms with Crippen LogP contribution in [-0.4, -0.2) is 5.91 Å². The van der Waals surface area contributed by atoms with Gasteiger partial charge in [0.2, 0.25) is 5.91 Å². The number of nitrogens with one attached hydrogen (secondary N) is 2. The number of amides is 1. The van der Waals surface area contributed by atoms with Crippen molar-refractivity contribution in [1.82, 2.24) is 11.1 Å². The minimum Gasteiger partial charge on any atom is -0.274 e. The summed E-state index contributed by atoms with van der Waals surface area (Å²) in [6, 6.07) is 10.3. The van der Waals surface area contributed by atoms with Gasteiger partial charge in [-0.25, -0.2) is 0 Å². The van der Waals surface area contributed by atoms with Crippen molar-refractivity contribution in [3.8, 4) is 0 Å². The molecule has 0 aliphatic rings. The molecule has 0 saturated heterocycles. The average molecular weight is 198 g/mol. The summed E-state index contributed by atoms with van der Waals surface area (Å²) in [5, 5.41) is 0. The van der Waals surface area contributed by atoms with Crippen molar-refractivity contribution in [2.24, 2.45) is 0 Å². The molecule has 0 fully saturated rings. The highest BCUT2D eigenvalue weighted by Gasteiger charge is 1.89. The molecule has 0 aliphatic heterocycles.